The van der Waals surface area contributed by atoms with Crippen LogP contribution in [0, 0.1) is 11.3 Å². The van der Waals surface area contributed by atoms with E-state index in [4.69, 9.17) is 5.26 Å². The number of nitriles is 1. The van der Waals surface area contributed by atoms with Gasteiger partial charge in [-0.15, -0.1) is 11.3 Å². The molecule has 90 valence electrons. The van der Waals surface area contributed by atoms with Gasteiger partial charge < -0.3 is 4.90 Å². The van der Waals surface area contributed by atoms with E-state index in [1.165, 1.54) is 23.2 Å². The summed E-state index contributed by atoms with van der Waals surface area (Å²) in [6, 6.07) is 3.51. The lowest BCUT2D eigenvalue weighted by atomic mass is 10.2. The van der Waals surface area contributed by atoms with Crippen molar-refractivity contribution in [1.29, 1.82) is 5.26 Å². The van der Waals surface area contributed by atoms with Crippen molar-refractivity contribution in [1.82, 2.24) is 4.90 Å². The molecule has 0 aliphatic carbocycles. The Balaban J connectivity index is 2.82. The summed E-state index contributed by atoms with van der Waals surface area (Å²) >= 11 is 1.25. The standard InChI is InChI=1S/C12H14N2O2S/c1-8(4-5-13)14(3)12(16)11-6-10(7-17-11)9(2)15/h6-8H,4H2,1-3H3. The molecule has 0 aromatic carbocycles. The molecule has 1 aromatic rings. The summed E-state index contributed by atoms with van der Waals surface area (Å²) in [6.07, 6.45) is 0.299. The van der Waals surface area contributed by atoms with Crippen molar-refractivity contribution in [2.45, 2.75) is 26.3 Å². The third-order valence-electron chi connectivity index (χ3n) is 2.58. The highest BCUT2D eigenvalue weighted by Gasteiger charge is 2.19. The van der Waals surface area contributed by atoms with Crippen LogP contribution < -0.4 is 0 Å². The topological polar surface area (TPSA) is 61.2 Å². The van der Waals surface area contributed by atoms with Crippen LogP contribution in [0.4, 0.5) is 0 Å². The van der Waals surface area contributed by atoms with E-state index in [9.17, 15) is 9.59 Å². The monoisotopic (exact) mass is 250 g/mol. The van der Waals surface area contributed by atoms with Crippen molar-refractivity contribution < 1.29 is 9.59 Å². The summed E-state index contributed by atoms with van der Waals surface area (Å²) in [5, 5.41) is 10.3. The van der Waals surface area contributed by atoms with Gasteiger partial charge in [0.05, 0.1) is 17.4 Å². The van der Waals surface area contributed by atoms with E-state index in [0.717, 1.165) is 0 Å². The number of carbonyl (C=O) groups is 2. The lowest BCUT2D eigenvalue weighted by Gasteiger charge is -2.22. The fraction of sp³-hybridized carbons (Fsp3) is 0.417. The molecule has 0 spiro atoms. The minimum Gasteiger partial charge on any atom is -0.337 e. The van der Waals surface area contributed by atoms with E-state index in [0.29, 0.717) is 16.9 Å². The first kappa shape index (κ1) is 13.4. The molecule has 0 bridgehead atoms. The summed E-state index contributed by atoms with van der Waals surface area (Å²) in [7, 11) is 1.66. The van der Waals surface area contributed by atoms with Crippen LogP contribution in [0.2, 0.25) is 0 Å². The number of ketones is 1. The molecule has 0 aliphatic heterocycles. The summed E-state index contributed by atoms with van der Waals surface area (Å²) in [5.74, 6) is -0.196. The van der Waals surface area contributed by atoms with Gasteiger partial charge in [0.2, 0.25) is 0 Å². The van der Waals surface area contributed by atoms with Crippen LogP contribution in [0.5, 0.6) is 0 Å². The van der Waals surface area contributed by atoms with Crippen molar-refractivity contribution >= 4 is 23.0 Å². The molecule has 0 saturated carbocycles. The van der Waals surface area contributed by atoms with E-state index >= 15 is 0 Å². The van der Waals surface area contributed by atoms with Crippen molar-refractivity contribution in [2.75, 3.05) is 7.05 Å². The van der Waals surface area contributed by atoms with Crippen molar-refractivity contribution in [2.24, 2.45) is 0 Å². The molecule has 1 aromatic heterocycles. The Labute approximate surface area is 104 Å². The van der Waals surface area contributed by atoms with Gasteiger partial charge in [-0.25, -0.2) is 0 Å². The van der Waals surface area contributed by atoms with E-state index < -0.39 is 0 Å². The van der Waals surface area contributed by atoms with Gasteiger partial charge in [-0.05, 0) is 19.9 Å². The Morgan fingerprint density at radius 3 is 2.71 bits per heavy atom. The minimum atomic E-state index is -0.148. The second-order valence-corrected chi connectivity index (χ2v) is 4.79. The van der Waals surface area contributed by atoms with E-state index in [-0.39, 0.29) is 17.7 Å². The van der Waals surface area contributed by atoms with Crippen molar-refractivity contribution in [3.8, 4) is 6.07 Å². The lowest BCUT2D eigenvalue weighted by molar-refractivity contribution is 0.0751. The van der Waals surface area contributed by atoms with Crippen LogP contribution in [0.1, 0.15) is 40.3 Å². The maximum atomic E-state index is 12.0. The zero-order chi connectivity index (χ0) is 13.0. The molecule has 0 aliphatic rings. The fourth-order valence-corrected chi connectivity index (χ4v) is 2.20. The predicted octanol–water partition coefficient (Wildman–Crippen LogP) is 2.32. The first-order valence-electron chi connectivity index (χ1n) is 5.21. The number of carbonyl (C=O) groups excluding carboxylic acids is 2. The van der Waals surface area contributed by atoms with Gasteiger partial charge in [0.25, 0.3) is 5.91 Å². The zero-order valence-corrected chi connectivity index (χ0v) is 10.9. The minimum absolute atomic E-state index is 0.0481. The van der Waals surface area contributed by atoms with Crippen molar-refractivity contribution in [3.05, 3.63) is 21.9 Å². The molecule has 4 nitrogen and oxygen atoms in total. The highest BCUT2D eigenvalue weighted by atomic mass is 32.1. The second kappa shape index (κ2) is 5.60. The number of thiophene rings is 1. The normalized spacial score (nSPS) is 11.6. The van der Waals surface area contributed by atoms with E-state index in [1.807, 2.05) is 13.0 Å². The van der Waals surface area contributed by atoms with Crippen LogP contribution in [0.15, 0.2) is 11.4 Å². The van der Waals surface area contributed by atoms with Gasteiger partial charge in [-0.3, -0.25) is 9.59 Å². The maximum Gasteiger partial charge on any atom is 0.263 e. The van der Waals surface area contributed by atoms with Gasteiger partial charge in [-0.2, -0.15) is 5.26 Å². The quantitative estimate of drug-likeness (QED) is 0.770. The summed E-state index contributed by atoms with van der Waals surface area (Å²) < 4.78 is 0. The molecule has 17 heavy (non-hydrogen) atoms. The SMILES string of the molecule is CC(=O)c1csc(C(=O)N(C)C(C)CC#N)c1. The van der Waals surface area contributed by atoms with Crippen LogP contribution in [0.25, 0.3) is 0 Å². The molecule has 1 amide bonds. The first-order valence-corrected chi connectivity index (χ1v) is 6.09. The molecule has 0 saturated heterocycles. The number of rotatable bonds is 4. The zero-order valence-electron chi connectivity index (χ0n) is 10.1. The van der Waals surface area contributed by atoms with Gasteiger partial charge in [-0.1, -0.05) is 0 Å². The highest BCUT2D eigenvalue weighted by Crippen LogP contribution is 2.18. The Morgan fingerprint density at radius 1 is 1.59 bits per heavy atom. The average Bonchev–Trinajstić information content (AvgIpc) is 2.76. The average molecular weight is 250 g/mol. The lowest BCUT2D eigenvalue weighted by Crippen LogP contribution is -2.34. The van der Waals surface area contributed by atoms with Gasteiger partial charge in [0.1, 0.15) is 0 Å². The number of nitrogens with zero attached hydrogens (tertiary/aromatic N) is 2. The molecule has 1 unspecified atom stereocenters. The molecule has 0 fully saturated rings. The Kier molecular flexibility index (Phi) is 4.41. The molecule has 1 heterocycles. The number of hydrogen-bond acceptors (Lipinski definition) is 4. The van der Waals surface area contributed by atoms with Crippen LogP contribution in [0.3, 0.4) is 0 Å². The molecular weight excluding hydrogens is 236 g/mol. The Hall–Kier alpha value is -1.67. The number of amides is 1. The smallest absolute Gasteiger partial charge is 0.263 e. The van der Waals surface area contributed by atoms with Gasteiger partial charge in [0.15, 0.2) is 5.78 Å². The third-order valence-corrected chi connectivity index (χ3v) is 3.50. The fourth-order valence-electron chi connectivity index (χ4n) is 1.28. The third kappa shape index (κ3) is 3.14. The van der Waals surface area contributed by atoms with Crippen LogP contribution >= 0.6 is 11.3 Å². The van der Waals surface area contributed by atoms with Crippen molar-refractivity contribution in [3.63, 3.8) is 0 Å². The summed E-state index contributed by atoms with van der Waals surface area (Å²) in [4.78, 5) is 25.2. The molecular formula is C12H14N2O2S. The molecule has 5 heteroatoms. The van der Waals surface area contributed by atoms with Gasteiger partial charge >= 0.3 is 0 Å². The Bertz CT molecular complexity index is 473. The second-order valence-electron chi connectivity index (χ2n) is 3.88. The molecule has 0 radical (unpaired) electrons. The van der Waals surface area contributed by atoms with E-state index in [1.54, 1.807) is 18.5 Å². The van der Waals surface area contributed by atoms with E-state index in [2.05, 4.69) is 0 Å². The largest absolute Gasteiger partial charge is 0.337 e. The van der Waals surface area contributed by atoms with Gasteiger partial charge in [0, 0.05) is 24.0 Å². The summed E-state index contributed by atoms with van der Waals surface area (Å²) in [5.41, 5.74) is 0.555. The molecule has 1 rings (SSSR count). The maximum absolute atomic E-state index is 12.0. The molecule has 1 atom stereocenters. The summed E-state index contributed by atoms with van der Waals surface area (Å²) in [6.45, 7) is 3.29. The van der Waals surface area contributed by atoms with Crippen LogP contribution in [-0.4, -0.2) is 29.7 Å². The number of Topliss-reactive ketones (excluding diaryl/α,β-unsaturated/α-hetero) is 1. The number of hydrogen-bond donors (Lipinski definition) is 0. The predicted molar refractivity (Wildman–Crippen MR) is 66.1 cm³/mol. The Morgan fingerprint density at radius 2 is 2.24 bits per heavy atom. The van der Waals surface area contributed by atoms with Crippen LogP contribution in [-0.2, 0) is 0 Å². The molecule has 0 N–H and O–H groups in total. The first-order chi connectivity index (χ1) is 7.97. The highest BCUT2D eigenvalue weighted by molar-refractivity contribution is 7.12.